The second-order valence-electron chi connectivity index (χ2n) is 6.83. The van der Waals surface area contributed by atoms with E-state index >= 15 is 0 Å². The highest BCUT2D eigenvalue weighted by atomic mass is 32.1. The Labute approximate surface area is 167 Å². The van der Waals surface area contributed by atoms with Crippen LogP contribution in [-0.4, -0.2) is 33.3 Å². The molecule has 148 valence electrons. The van der Waals surface area contributed by atoms with E-state index in [2.05, 4.69) is 23.1 Å². The van der Waals surface area contributed by atoms with Gasteiger partial charge < -0.3 is 9.30 Å². The minimum Gasteiger partial charge on any atom is -0.468 e. The number of hydrogen-bond donors (Lipinski definition) is 0. The Bertz CT molecular complexity index is 1100. The van der Waals surface area contributed by atoms with E-state index in [9.17, 15) is 9.59 Å². The molecule has 0 saturated heterocycles. The number of aromatic nitrogens is 3. The molecule has 0 radical (unpaired) electrons. The van der Waals surface area contributed by atoms with E-state index in [1.807, 2.05) is 32.9 Å². The van der Waals surface area contributed by atoms with Gasteiger partial charge in [-0.25, -0.2) is 0 Å². The number of hydrogen-bond acceptors (Lipinski definition) is 5. The van der Waals surface area contributed by atoms with Crippen LogP contribution in [-0.2, 0) is 22.5 Å². The maximum absolute atomic E-state index is 12.9. The number of amides is 1. The van der Waals surface area contributed by atoms with Crippen LogP contribution in [0.5, 0.6) is 0 Å². The van der Waals surface area contributed by atoms with Crippen LogP contribution in [0.3, 0.4) is 0 Å². The molecule has 0 aliphatic rings. The van der Waals surface area contributed by atoms with Gasteiger partial charge in [-0.2, -0.15) is 10.1 Å². The number of methoxy groups -OCH3 is 1. The fourth-order valence-electron chi connectivity index (χ4n) is 2.98. The molecule has 0 fully saturated rings. The smallest absolute Gasteiger partial charge is 0.325 e. The number of fused-ring (bicyclic) bond motifs is 1. The van der Waals surface area contributed by atoms with Crippen LogP contribution >= 0.6 is 11.3 Å². The summed E-state index contributed by atoms with van der Waals surface area (Å²) in [6.07, 6.45) is 0.906. The van der Waals surface area contributed by atoms with Gasteiger partial charge in [0.05, 0.1) is 23.0 Å². The molecule has 2 aromatic heterocycles. The molecule has 28 heavy (non-hydrogen) atoms. The van der Waals surface area contributed by atoms with Gasteiger partial charge >= 0.3 is 5.97 Å². The topological polar surface area (TPSA) is 78.5 Å². The average molecular weight is 401 g/mol. The summed E-state index contributed by atoms with van der Waals surface area (Å²) in [6, 6.07) is 7.82. The number of ether oxygens (including phenoxy) is 1. The third kappa shape index (κ3) is 3.91. The molecule has 0 bridgehead atoms. The van der Waals surface area contributed by atoms with Gasteiger partial charge in [0, 0.05) is 6.04 Å². The first-order chi connectivity index (χ1) is 13.3. The Kier molecular flexibility index (Phi) is 5.79. The van der Waals surface area contributed by atoms with Crippen molar-refractivity contribution in [2.75, 3.05) is 7.11 Å². The molecule has 0 unspecified atom stereocenters. The Morgan fingerprint density at radius 1 is 1.29 bits per heavy atom. The molecule has 1 amide bonds. The van der Waals surface area contributed by atoms with E-state index in [1.54, 1.807) is 15.3 Å². The lowest BCUT2D eigenvalue weighted by atomic mass is 10.2. The second kappa shape index (κ2) is 8.10. The van der Waals surface area contributed by atoms with Gasteiger partial charge in [-0.3, -0.25) is 14.3 Å². The van der Waals surface area contributed by atoms with E-state index in [-0.39, 0.29) is 18.5 Å². The van der Waals surface area contributed by atoms with Crippen molar-refractivity contribution in [3.05, 3.63) is 46.0 Å². The van der Waals surface area contributed by atoms with E-state index in [0.717, 1.165) is 22.3 Å². The number of nitrogens with zero attached hydrogens (tertiary/aromatic N) is 4. The van der Waals surface area contributed by atoms with Gasteiger partial charge in [0.2, 0.25) is 0 Å². The molecule has 0 aliphatic heterocycles. The van der Waals surface area contributed by atoms with Crippen molar-refractivity contribution in [1.82, 2.24) is 14.3 Å². The highest BCUT2D eigenvalue weighted by molar-refractivity contribution is 7.16. The van der Waals surface area contributed by atoms with Crippen LogP contribution in [0.15, 0.2) is 29.3 Å². The highest BCUT2D eigenvalue weighted by Gasteiger charge is 2.17. The van der Waals surface area contributed by atoms with E-state index < -0.39 is 5.97 Å². The maximum atomic E-state index is 12.9. The maximum Gasteiger partial charge on any atom is 0.325 e. The summed E-state index contributed by atoms with van der Waals surface area (Å²) in [5, 5.41) is 4.38. The largest absolute Gasteiger partial charge is 0.468 e. The lowest BCUT2D eigenvalue weighted by Crippen LogP contribution is -2.23. The molecule has 8 heteroatoms. The monoisotopic (exact) mass is 400 g/mol. The number of benzene rings is 1. The molecule has 0 spiro atoms. The van der Waals surface area contributed by atoms with Crippen molar-refractivity contribution in [1.29, 1.82) is 0 Å². The average Bonchev–Trinajstić information content (AvgIpc) is 3.22. The van der Waals surface area contributed by atoms with Crippen molar-refractivity contribution in [3.8, 4) is 0 Å². The lowest BCUT2D eigenvalue weighted by molar-refractivity contribution is -0.141. The molecule has 0 saturated carbocycles. The number of rotatable bonds is 5. The van der Waals surface area contributed by atoms with Crippen LogP contribution in [0, 0.1) is 6.92 Å². The second-order valence-corrected chi connectivity index (χ2v) is 7.84. The van der Waals surface area contributed by atoms with Crippen LogP contribution in [0.4, 0.5) is 0 Å². The summed E-state index contributed by atoms with van der Waals surface area (Å²) in [5.41, 5.74) is 3.24. The summed E-state index contributed by atoms with van der Waals surface area (Å²) in [7, 11) is 1.35. The zero-order valence-corrected chi connectivity index (χ0v) is 17.5. The summed E-state index contributed by atoms with van der Waals surface area (Å²) in [4.78, 5) is 29.6. The summed E-state index contributed by atoms with van der Waals surface area (Å²) >= 11 is 1.39. The van der Waals surface area contributed by atoms with Gasteiger partial charge in [0.25, 0.3) is 5.91 Å². The van der Waals surface area contributed by atoms with Gasteiger partial charge in [0.15, 0.2) is 4.80 Å². The van der Waals surface area contributed by atoms with Crippen molar-refractivity contribution in [2.45, 2.75) is 46.7 Å². The first-order valence-electron chi connectivity index (χ1n) is 9.18. The molecule has 7 nitrogen and oxygen atoms in total. The molecule has 2 heterocycles. The Morgan fingerprint density at radius 3 is 2.68 bits per heavy atom. The number of carbonyl (C=O) groups is 2. The fourth-order valence-corrected chi connectivity index (χ4v) is 4.07. The normalized spacial score (nSPS) is 12.1. The van der Waals surface area contributed by atoms with E-state index in [1.165, 1.54) is 24.0 Å². The predicted octanol–water partition coefficient (Wildman–Crippen LogP) is 3.27. The van der Waals surface area contributed by atoms with Crippen molar-refractivity contribution >= 4 is 33.4 Å². The van der Waals surface area contributed by atoms with E-state index in [0.29, 0.717) is 10.5 Å². The molecule has 0 N–H and O–H groups in total. The van der Waals surface area contributed by atoms with Crippen molar-refractivity contribution in [3.63, 3.8) is 0 Å². The van der Waals surface area contributed by atoms with Crippen LogP contribution in [0.1, 0.15) is 48.6 Å². The van der Waals surface area contributed by atoms with Gasteiger partial charge in [-0.15, -0.1) is 0 Å². The standard InChI is InChI=1S/C20H24N4O3S/c1-6-14-7-8-15-17(10-14)28-20(23(15)11-18(25)27-5)21-19(26)16-9-13(4)22-24(16)12(2)3/h7-10,12H,6,11H2,1-5H3. The molecule has 1 aromatic carbocycles. The first-order valence-corrected chi connectivity index (χ1v) is 10.00. The fraction of sp³-hybridized carbons (Fsp3) is 0.400. The number of aryl methyl sites for hydroxylation is 2. The molecule has 3 aromatic rings. The zero-order valence-electron chi connectivity index (χ0n) is 16.7. The summed E-state index contributed by atoms with van der Waals surface area (Å²) in [6.45, 7) is 7.86. The van der Waals surface area contributed by atoms with E-state index in [4.69, 9.17) is 4.74 Å². The molecule has 0 atom stereocenters. The number of carbonyl (C=O) groups excluding carboxylic acids is 2. The summed E-state index contributed by atoms with van der Waals surface area (Å²) in [5.74, 6) is -0.772. The molecule has 0 aliphatic carbocycles. The number of thiazole rings is 1. The van der Waals surface area contributed by atoms with Gasteiger partial charge in [-0.05, 0) is 51.0 Å². The van der Waals surface area contributed by atoms with Crippen molar-refractivity contribution in [2.24, 2.45) is 4.99 Å². The number of esters is 1. The molecular weight excluding hydrogens is 376 g/mol. The Morgan fingerprint density at radius 2 is 2.04 bits per heavy atom. The SMILES string of the molecule is CCc1ccc2c(c1)sc(=NC(=O)c1cc(C)nn1C(C)C)n2CC(=O)OC. The zero-order chi connectivity index (χ0) is 20.4. The summed E-state index contributed by atoms with van der Waals surface area (Å²) < 4.78 is 9.20. The molecule has 3 rings (SSSR count). The minimum absolute atomic E-state index is 0.00342. The lowest BCUT2D eigenvalue weighted by Gasteiger charge is -2.08. The minimum atomic E-state index is -0.392. The first kappa shape index (κ1) is 20.0. The third-order valence-corrected chi connectivity index (χ3v) is 5.47. The highest BCUT2D eigenvalue weighted by Crippen LogP contribution is 2.20. The third-order valence-electron chi connectivity index (χ3n) is 4.43. The van der Waals surface area contributed by atoms with Gasteiger partial charge in [-0.1, -0.05) is 24.3 Å². The Balaban J connectivity index is 2.16. The van der Waals surface area contributed by atoms with Gasteiger partial charge in [0.1, 0.15) is 12.2 Å². The molecular formula is C20H24N4O3S. The van der Waals surface area contributed by atoms with Crippen LogP contribution in [0.2, 0.25) is 0 Å². The van der Waals surface area contributed by atoms with Crippen LogP contribution in [0.25, 0.3) is 10.2 Å². The predicted molar refractivity (Wildman–Crippen MR) is 108 cm³/mol. The quantitative estimate of drug-likeness (QED) is 0.616. The Hall–Kier alpha value is -2.74. The van der Waals surface area contributed by atoms with Crippen LogP contribution < -0.4 is 4.80 Å². The van der Waals surface area contributed by atoms with Crippen molar-refractivity contribution < 1.29 is 14.3 Å².